The molecule has 0 amide bonds. The number of hydrogen-bond donors (Lipinski definition) is 2. The van der Waals surface area contributed by atoms with Crippen molar-refractivity contribution in [2.45, 2.75) is 4.90 Å². The Balaban J connectivity index is 1.45. The lowest BCUT2D eigenvalue weighted by molar-refractivity contribution is 0.0976. The fraction of sp³-hybridized carbons (Fsp3) is 0. The summed E-state index contributed by atoms with van der Waals surface area (Å²) < 4.78 is 29.8. The van der Waals surface area contributed by atoms with Crippen LogP contribution >= 0.6 is 0 Å². The molecule has 7 nitrogen and oxygen atoms in total. The predicted molar refractivity (Wildman–Crippen MR) is 132 cm³/mol. The van der Waals surface area contributed by atoms with Crippen molar-refractivity contribution in [2.75, 3.05) is 4.72 Å². The third kappa shape index (κ3) is 3.34. The molecule has 0 atom stereocenters. The second-order valence-electron chi connectivity index (χ2n) is 8.14. The number of anilines is 1. The number of carbonyl (C=O) groups excluding carboxylic acids is 2. The highest BCUT2D eigenvalue weighted by Crippen LogP contribution is 2.34. The van der Waals surface area contributed by atoms with Gasteiger partial charge < -0.3 is 4.98 Å². The molecular formula is C27H17N3O4S. The molecule has 5 aromatic rings. The largest absolute Gasteiger partial charge is 0.338 e. The molecule has 1 heterocycles. The number of ketones is 2. The first kappa shape index (κ1) is 21.0. The summed E-state index contributed by atoms with van der Waals surface area (Å²) in [6.45, 7) is 0. The van der Waals surface area contributed by atoms with Gasteiger partial charge in [-0.15, -0.1) is 0 Å². The van der Waals surface area contributed by atoms with Crippen molar-refractivity contribution in [2.24, 2.45) is 0 Å². The Hall–Kier alpha value is -4.56. The number of carbonyl (C=O) groups is 2. The lowest BCUT2D eigenvalue weighted by Gasteiger charge is -2.20. The summed E-state index contributed by atoms with van der Waals surface area (Å²) in [6.07, 6.45) is 0. The van der Waals surface area contributed by atoms with Crippen LogP contribution in [-0.4, -0.2) is 30.0 Å². The molecule has 0 saturated carbocycles. The van der Waals surface area contributed by atoms with Crippen LogP contribution in [0.2, 0.25) is 0 Å². The lowest BCUT2D eigenvalue weighted by atomic mass is 9.84. The molecule has 0 fully saturated rings. The highest BCUT2D eigenvalue weighted by Gasteiger charge is 2.35. The second-order valence-corrected chi connectivity index (χ2v) is 9.79. The Morgan fingerprint density at radius 2 is 1.29 bits per heavy atom. The van der Waals surface area contributed by atoms with E-state index in [1.54, 1.807) is 42.5 Å². The average Bonchev–Trinajstić information content (AvgIpc) is 3.31. The van der Waals surface area contributed by atoms with Crippen LogP contribution in [0.1, 0.15) is 31.8 Å². The maximum Gasteiger partial charge on any atom is 0.262 e. The summed E-state index contributed by atoms with van der Waals surface area (Å²) in [4.78, 5) is 33.9. The summed E-state index contributed by atoms with van der Waals surface area (Å²) in [7, 11) is -4.24. The zero-order valence-corrected chi connectivity index (χ0v) is 19.0. The maximum atomic E-state index is 13.6. The number of H-pyrrole nitrogens is 1. The topological polar surface area (TPSA) is 109 Å². The van der Waals surface area contributed by atoms with Gasteiger partial charge in [-0.25, -0.2) is 13.4 Å². The zero-order valence-electron chi connectivity index (χ0n) is 18.1. The van der Waals surface area contributed by atoms with E-state index in [4.69, 9.17) is 0 Å². The summed E-state index contributed by atoms with van der Waals surface area (Å²) in [5.74, 6) is -0.378. The van der Waals surface area contributed by atoms with Crippen LogP contribution in [0, 0.1) is 0 Å². The Labute approximate surface area is 200 Å². The highest BCUT2D eigenvalue weighted by molar-refractivity contribution is 7.92. The summed E-state index contributed by atoms with van der Waals surface area (Å²) in [5.41, 5.74) is 2.81. The number of para-hydroxylation sites is 3. The van der Waals surface area contributed by atoms with Crippen molar-refractivity contribution < 1.29 is 18.0 Å². The number of rotatable bonds is 4. The zero-order chi connectivity index (χ0) is 24.2. The maximum absolute atomic E-state index is 13.6. The minimum absolute atomic E-state index is 0.0714. The number of benzene rings is 4. The van der Waals surface area contributed by atoms with Crippen LogP contribution in [0.15, 0.2) is 95.9 Å². The van der Waals surface area contributed by atoms with Crippen LogP contribution in [0.25, 0.3) is 22.4 Å². The first-order chi connectivity index (χ1) is 16.9. The van der Waals surface area contributed by atoms with Gasteiger partial charge in [-0.1, -0.05) is 60.7 Å². The van der Waals surface area contributed by atoms with Crippen LogP contribution in [0.5, 0.6) is 0 Å². The number of hydrogen-bond acceptors (Lipinski definition) is 5. The van der Waals surface area contributed by atoms with E-state index in [0.717, 1.165) is 11.0 Å². The van der Waals surface area contributed by atoms with E-state index in [1.165, 1.54) is 24.3 Å². The Bertz CT molecular complexity index is 1750. The minimum atomic E-state index is -4.24. The van der Waals surface area contributed by atoms with Gasteiger partial charge >= 0.3 is 0 Å². The number of aromatic nitrogens is 2. The van der Waals surface area contributed by atoms with Gasteiger partial charge in [0.15, 0.2) is 11.6 Å². The number of imidazole rings is 1. The molecule has 0 spiro atoms. The Morgan fingerprint density at radius 3 is 2.06 bits per heavy atom. The van der Waals surface area contributed by atoms with Crippen molar-refractivity contribution >= 4 is 38.3 Å². The first-order valence-electron chi connectivity index (χ1n) is 10.8. The first-order valence-corrected chi connectivity index (χ1v) is 12.3. The predicted octanol–water partition coefficient (Wildman–Crippen LogP) is 4.81. The van der Waals surface area contributed by atoms with Crippen molar-refractivity contribution in [1.82, 2.24) is 9.97 Å². The molecule has 0 saturated heterocycles. The van der Waals surface area contributed by atoms with Crippen LogP contribution in [-0.2, 0) is 10.0 Å². The van der Waals surface area contributed by atoms with Crippen molar-refractivity contribution in [3.05, 3.63) is 113 Å². The molecule has 170 valence electrons. The normalized spacial score (nSPS) is 12.9. The molecule has 1 aliphatic carbocycles. The minimum Gasteiger partial charge on any atom is -0.338 e. The van der Waals surface area contributed by atoms with Gasteiger partial charge in [0.1, 0.15) is 5.82 Å². The van der Waals surface area contributed by atoms with Gasteiger partial charge in [-0.05, 0) is 30.3 Å². The Morgan fingerprint density at radius 1 is 0.657 bits per heavy atom. The molecule has 1 aliphatic rings. The van der Waals surface area contributed by atoms with Crippen molar-refractivity contribution in [1.29, 1.82) is 0 Å². The Kier molecular flexibility index (Phi) is 4.65. The molecular weight excluding hydrogens is 462 g/mol. The molecule has 2 N–H and O–H groups in total. The van der Waals surface area contributed by atoms with E-state index in [9.17, 15) is 18.0 Å². The van der Waals surface area contributed by atoms with E-state index in [2.05, 4.69) is 14.7 Å². The number of nitrogens with zero attached hydrogens (tertiary/aromatic N) is 1. The van der Waals surface area contributed by atoms with E-state index in [1.807, 2.05) is 24.3 Å². The molecule has 6 rings (SSSR count). The third-order valence-corrected chi connectivity index (χ3v) is 7.43. The van der Waals surface area contributed by atoms with Gasteiger partial charge in [0.25, 0.3) is 10.0 Å². The van der Waals surface area contributed by atoms with Gasteiger partial charge in [-0.3, -0.25) is 14.3 Å². The molecule has 4 aromatic carbocycles. The molecule has 0 bridgehead atoms. The summed E-state index contributed by atoms with van der Waals surface area (Å²) in [5, 5.41) is 0. The quantitative estimate of drug-likeness (QED) is 0.377. The molecule has 0 radical (unpaired) electrons. The molecule has 8 heteroatoms. The number of sulfonamides is 1. The summed E-state index contributed by atoms with van der Waals surface area (Å²) >= 11 is 0. The summed E-state index contributed by atoms with van der Waals surface area (Å²) in [6, 6.07) is 25.1. The van der Waals surface area contributed by atoms with Crippen LogP contribution in [0.3, 0.4) is 0 Å². The standard InChI is InChI=1S/C27H17N3O4S/c31-25-16-8-1-2-9-17(16)26(32)24-19(25)11-7-15-23(24)35(33,34)30-20-12-4-3-10-18(20)27-28-21-13-5-6-14-22(21)29-27/h1-15,30H,(H,28,29). The van der Waals surface area contributed by atoms with Crippen molar-refractivity contribution in [3.63, 3.8) is 0 Å². The smallest absolute Gasteiger partial charge is 0.262 e. The second kappa shape index (κ2) is 7.75. The SMILES string of the molecule is O=C1c2ccccc2C(=O)c2c1cccc2S(=O)(=O)Nc1ccccc1-c1nc2ccccc2[nH]1. The third-order valence-electron chi connectivity index (χ3n) is 6.02. The fourth-order valence-corrected chi connectivity index (χ4v) is 5.70. The van der Waals surface area contributed by atoms with Gasteiger partial charge in [0, 0.05) is 22.3 Å². The average molecular weight is 480 g/mol. The van der Waals surface area contributed by atoms with Gasteiger partial charge in [-0.2, -0.15) is 0 Å². The number of fused-ring (bicyclic) bond motifs is 3. The fourth-order valence-electron chi connectivity index (χ4n) is 4.40. The molecule has 35 heavy (non-hydrogen) atoms. The van der Waals surface area contributed by atoms with Crippen LogP contribution in [0.4, 0.5) is 5.69 Å². The molecule has 1 aromatic heterocycles. The number of aromatic amines is 1. The van der Waals surface area contributed by atoms with Crippen molar-refractivity contribution in [3.8, 4) is 11.4 Å². The van der Waals surface area contributed by atoms with E-state index in [0.29, 0.717) is 17.1 Å². The van der Waals surface area contributed by atoms with E-state index >= 15 is 0 Å². The van der Waals surface area contributed by atoms with E-state index < -0.39 is 15.8 Å². The van der Waals surface area contributed by atoms with E-state index in [-0.39, 0.29) is 32.9 Å². The van der Waals surface area contributed by atoms with Gasteiger partial charge in [0.05, 0.1) is 27.2 Å². The molecule has 0 aliphatic heterocycles. The van der Waals surface area contributed by atoms with Crippen LogP contribution < -0.4 is 4.72 Å². The highest BCUT2D eigenvalue weighted by atomic mass is 32.2. The van der Waals surface area contributed by atoms with Gasteiger partial charge in [0.2, 0.25) is 0 Å². The lowest BCUT2D eigenvalue weighted by Crippen LogP contribution is -2.25. The number of nitrogens with one attached hydrogen (secondary N) is 2. The monoisotopic (exact) mass is 479 g/mol. The molecule has 0 unspecified atom stereocenters.